The van der Waals surface area contributed by atoms with Crippen LogP contribution in [-0.4, -0.2) is 49.6 Å². The van der Waals surface area contributed by atoms with E-state index >= 15 is 0 Å². The Balaban J connectivity index is 1.95. The van der Waals surface area contributed by atoms with Gasteiger partial charge >= 0.3 is 0 Å². The molecule has 0 aromatic rings. The predicted octanol–water partition coefficient (Wildman–Crippen LogP) is 1.03. The molecule has 0 bridgehead atoms. The third kappa shape index (κ3) is 1.27. The molecule has 1 spiro atoms. The van der Waals surface area contributed by atoms with Gasteiger partial charge in [-0.3, -0.25) is 0 Å². The lowest BCUT2D eigenvalue weighted by Crippen LogP contribution is -2.60. The van der Waals surface area contributed by atoms with Gasteiger partial charge in [0.05, 0.1) is 0 Å². The van der Waals surface area contributed by atoms with E-state index in [1.54, 1.807) is 0 Å². The summed E-state index contributed by atoms with van der Waals surface area (Å²) in [7, 11) is 4.48. The highest BCUT2D eigenvalue weighted by molar-refractivity contribution is 4.98. The topological polar surface area (TPSA) is 6.48 Å². The number of nitrogens with zero attached hydrogens (tertiary/aromatic N) is 2. The van der Waals surface area contributed by atoms with E-state index in [0.29, 0.717) is 5.41 Å². The summed E-state index contributed by atoms with van der Waals surface area (Å²) in [5.74, 6) is 0. The SMILES string of the molecule is CC1CC2(CCN1C)CN(C)C2. The summed E-state index contributed by atoms with van der Waals surface area (Å²) in [5.41, 5.74) is 0.709. The summed E-state index contributed by atoms with van der Waals surface area (Å²) < 4.78 is 0. The minimum atomic E-state index is 0.709. The van der Waals surface area contributed by atoms with Crippen LogP contribution in [0, 0.1) is 5.41 Å². The Hall–Kier alpha value is -0.0800. The highest BCUT2D eigenvalue weighted by atomic mass is 15.2. The smallest absolute Gasteiger partial charge is 0.00701 e. The van der Waals surface area contributed by atoms with Crippen molar-refractivity contribution in [2.75, 3.05) is 33.7 Å². The summed E-state index contributed by atoms with van der Waals surface area (Å²) in [4.78, 5) is 4.93. The van der Waals surface area contributed by atoms with E-state index in [0.717, 1.165) is 6.04 Å². The van der Waals surface area contributed by atoms with Gasteiger partial charge in [0, 0.05) is 19.1 Å². The third-order valence-corrected chi connectivity index (χ3v) is 3.69. The molecule has 1 unspecified atom stereocenters. The summed E-state index contributed by atoms with van der Waals surface area (Å²) in [6.45, 7) is 6.34. The van der Waals surface area contributed by atoms with Gasteiger partial charge in [-0.1, -0.05) is 0 Å². The Morgan fingerprint density at radius 3 is 2.42 bits per heavy atom. The Morgan fingerprint density at radius 2 is 1.92 bits per heavy atom. The van der Waals surface area contributed by atoms with Crippen molar-refractivity contribution in [1.29, 1.82) is 0 Å². The quantitative estimate of drug-likeness (QED) is 0.533. The van der Waals surface area contributed by atoms with Gasteiger partial charge in [0.15, 0.2) is 0 Å². The van der Waals surface area contributed by atoms with Crippen molar-refractivity contribution in [2.45, 2.75) is 25.8 Å². The van der Waals surface area contributed by atoms with Crippen LogP contribution in [0.3, 0.4) is 0 Å². The van der Waals surface area contributed by atoms with Crippen LogP contribution in [0.25, 0.3) is 0 Å². The summed E-state index contributed by atoms with van der Waals surface area (Å²) in [5, 5.41) is 0. The van der Waals surface area contributed by atoms with Gasteiger partial charge < -0.3 is 9.80 Å². The van der Waals surface area contributed by atoms with Crippen LogP contribution < -0.4 is 0 Å². The molecular weight excluding hydrogens is 148 g/mol. The monoisotopic (exact) mass is 168 g/mol. The molecule has 0 radical (unpaired) electrons. The van der Waals surface area contributed by atoms with Crippen molar-refractivity contribution < 1.29 is 0 Å². The fourth-order valence-electron chi connectivity index (χ4n) is 2.90. The van der Waals surface area contributed by atoms with E-state index in [9.17, 15) is 0 Å². The van der Waals surface area contributed by atoms with Gasteiger partial charge in [0.25, 0.3) is 0 Å². The van der Waals surface area contributed by atoms with Crippen LogP contribution in [-0.2, 0) is 0 Å². The lowest BCUT2D eigenvalue weighted by atomic mass is 9.70. The molecule has 1 atom stereocenters. The molecule has 2 saturated heterocycles. The summed E-state index contributed by atoms with van der Waals surface area (Å²) in [6, 6.07) is 0.799. The molecule has 0 N–H and O–H groups in total. The molecule has 0 aromatic heterocycles. The van der Waals surface area contributed by atoms with E-state index < -0.39 is 0 Å². The number of hydrogen-bond acceptors (Lipinski definition) is 2. The first-order valence-electron chi connectivity index (χ1n) is 5.00. The number of hydrogen-bond donors (Lipinski definition) is 0. The second kappa shape index (κ2) is 2.71. The second-order valence-electron chi connectivity index (χ2n) is 4.96. The maximum Gasteiger partial charge on any atom is 0.00701 e. The first kappa shape index (κ1) is 8.52. The maximum absolute atomic E-state index is 2.49. The van der Waals surface area contributed by atoms with Crippen molar-refractivity contribution in [3.05, 3.63) is 0 Å². The minimum absolute atomic E-state index is 0.709. The predicted molar refractivity (Wildman–Crippen MR) is 51.3 cm³/mol. The van der Waals surface area contributed by atoms with Gasteiger partial charge in [-0.05, 0) is 45.8 Å². The van der Waals surface area contributed by atoms with Crippen LogP contribution in [0.2, 0.25) is 0 Å². The Morgan fingerprint density at radius 1 is 1.25 bits per heavy atom. The molecule has 2 aliphatic rings. The maximum atomic E-state index is 2.49. The summed E-state index contributed by atoms with van der Waals surface area (Å²) >= 11 is 0. The van der Waals surface area contributed by atoms with Crippen molar-refractivity contribution >= 4 is 0 Å². The molecule has 2 rings (SSSR count). The molecule has 12 heavy (non-hydrogen) atoms. The zero-order chi connectivity index (χ0) is 8.77. The third-order valence-electron chi connectivity index (χ3n) is 3.69. The molecular formula is C10H20N2. The number of piperidine rings is 1. The van der Waals surface area contributed by atoms with E-state index in [2.05, 4.69) is 30.8 Å². The average Bonchev–Trinajstić information content (AvgIpc) is 1.95. The Bertz CT molecular complexity index is 173. The molecule has 0 saturated carbocycles. The van der Waals surface area contributed by atoms with E-state index in [-0.39, 0.29) is 0 Å². The largest absolute Gasteiger partial charge is 0.305 e. The highest BCUT2D eigenvalue weighted by Crippen LogP contribution is 2.41. The van der Waals surface area contributed by atoms with Gasteiger partial charge in [0.1, 0.15) is 0 Å². The Kier molecular flexibility index (Phi) is 1.92. The fraction of sp³-hybridized carbons (Fsp3) is 1.00. The number of likely N-dealkylation sites (tertiary alicyclic amines) is 2. The Labute approximate surface area is 75.5 Å². The van der Waals surface area contributed by atoms with Crippen LogP contribution >= 0.6 is 0 Å². The molecule has 2 heterocycles. The van der Waals surface area contributed by atoms with Gasteiger partial charge in [-0.15, -0.1) is 0 Å². The van der Waals surface area contributed by atoms with Crippen molar-refractivity contribution in [2.24, 2.45) is 5.41 Å². The first-order chi connectivity index (χ1) is 5.61. The minimum Gasteiger partial charge on any atom is -0.305 e. The zero-order valence-electron chi connectivity index (χ0n) is 8.51. The zero-order valence-corrected chi connectivity index (χ0v) is 8.51. The van der Waals surface area contributed by atoms with Gasteiger partial charge in [-0.2, -0.15) is 0 Å². The van der Waals surface area contributed by atoms with E-state index in [1.165, 1.54) is 32.5 Å². The molecule has 2 aliphatic heterocycles. The van der Waals surface area contributed by atoms with Gasteiger partial charge in [0.2, 0.25) is 0 Å². The molecule has 2 nitrogen and oxygen atoms in total. The van der Waals surface area contributed by atoms with Crippen molar-refractivity contribution in [3.8, 4) is 0 Å². The van der Waals surface area contributed by atoms with Crippen LogP contribution in [0.15, 0.2) is 0 Å². The lowest BCUT2D eigenvalue weighted by Gasteiger charge is -2.54. The molecule has 2 heteroatoms. The summed E-state index contributed by atoms with van der Waals surface area (Å²) in [6.07, 6.45) is 2.83. The van der Waals surface area contributed by atoms with Gasteiger partial charge in [-0.25, -0.2) is 0 Å². The second-order valence-corrected chi connectivity index (χ2v) is 4.96. The van der Waals surface area contributed by atoms with E-state index in [1.807, 2.05) is 0 Å². The van der Waals surface area contributed by atoms with Crippen LogP contribution in [0.1, 0.15) is 19.8 Å². The lowest BCUT2D eigenvalue weighted by molar-refractivity contribution is -0.0448. The first-order valence-corrected chi connectivity index (χ1v) is 5.00. The molecule has 0 aromatic carbocycles. The molecule has 70 valence electrons. The fourth-order valence-corrected chi connectivity index (χ4v) is 2.90. The molecule has 0 aliphatic carbocycles. The van der Waals surface area contributed by atoms with Crippen LogP contribution in [0.5, 0.6) is 0 Å². The average molecular weight is 168 g/mol. The normalized spacial score (nSPS) is 36.8. The van der Waals surface area contributed by atoms with Crippen molar-refractivity contribution in [3.63, 3.8) is 0 Å². The number of rotatable bonds is 0. The van der Waals surface area contributed by atoms with Crippen LogP contribution in [0.4, 0.5) is 0 Å². The standard InChI is InChI=1S/C10H20N2/c1-9-6-10(4-5-12(9)3)7-11(2)8-10/h9H,4-8H2,1-3H3. The molecule has 2 fully saturated rings. The van der Waals surface area contributed by atoms with Crippen molar-refractivity contribution in [1.82, 2.24) is 9.80 Å². The van der Waals surface area contributed by atoms with E-state index in [4.69, 9.17) is 0 Å². The highest BCUT2D eigenvalue weighted by Gasteiger charge is 2.44. The molecule has 0 amide bonds.